The topological polar surface area (TPSA) is 44.7 Å². The predicted molar refractivity (Wildman–Crippen MR) is 233 cm³/mol. The maximum atomic E-state index is 8.95. The summed E-state index contributed by atoms with van der Waals surface area (Å²) in [5, 5.41) is 0. The normalized spacial score (nSPS) is 16.3. The van der Waals surface area contributed by atoms with Crippen molar-refractivity contribution in [1.29, 1.82) is 0 Å². The number of hydrogen-bond acceptors (Lipinski definition) is 4. The molecule has 0 aliphatic heterocycles. The van der Waals surface area contributed by atoms with Crippen LogP contribution in [0.15, 0.2) is 106 Å². The van der Waals surface area contributed by atoms with Crippen LogP contribution in [0.4, 0.5) is 0 Å². The van der Waals surface area contributed by atoms with Crippen LogP contribution in [0.3, 0.4) is 0 Å². The second-order valence-corrected chi connectivity index (χ2v) is 54.2. The van der Waals surface area contributed by atoms with Gasteiger partial charge in [0.25, 0.3) is 0 Å². The molecule has 2 unspecified atom stereocenters. The molecule has 2 atom stereocenters. The van der Waals surface area contributed by atoms with Crippen molar-refractivity contribution in [3.05, 3.63) is 153 Å². The van der Waals surface area contributed by atoms with Gasteiger partial charge in [0.05, 0.1) is 0 Å². The van der Waals surface area contributed by atoms with Crippen LogP contribution < -0.4 is 9.47 Å². The van der Waals surface area contributed by atoms with Crippen LogP contribution in [0.5, 0.6) is 11.5 Å². The Kier molecular flexibility index (Phi) is 10.4. The fraction of sp³-hybridized carbons (Fsp3) is 0.250. The molecule has 56 heavy (non-hydrogen) atoms. The van der Waals surface area contributed by atoms with Crippen molar-refractivity contribution >= 4 is 45.8 Å². The average molecular weight is 879 g/mol. The first-order valence-corrected chi connectivity index (χ1v) is 34.8. The number of aryl methyl sites for hydroxylation is 4. The zero-order valence-electron chi connectivity index (χ0n) is 33.4. The van der Waals surface area contributed by atoms with Crippen molar-refractivity contribution in [2.24, 2.45) is 0 Å². The van der Waals surface area contributed by atoms with E-state index < -0.39 is 20.4 Å². The summed E-state index contributed by atoms with van der Waals surface area (Å²) in [7, 11) is 21.3. The van der Waals surface area contributed by atoms with Crippen molar-refractivity contribution in [3.63, 3.8) is 0 Å². The Balaban J connectivity index is 1.45. The van der Waals surface area contributed by atoms with Gasteiger partial charge in [0.2, 0.25) is 0 Å². The van der Waals surface area contributed by atoms with Gasteiger partial charge in [-0.3, -0.25) is 0 Å². The van der Waals surface area contributed by atoms with Gasteiger partial charge in [-0.15, -0.1) is 0 Å². The fourth-order valence-corrected chi connectivity index (χ4v) is 37.0. The standard InChI is InChI=1S/2C23H21O2.C2H6Si.2ClH.Zr/c2*1-4-16-6-7-18-13-19(22-12-5-15(2)25-22)14-21(18)23(16)17-8-10-20(24-3)11-9-17;1-3-2;;;/h2*5-14H,4H2,1-3H3;1-2H3;2*1H;/q;;;;;+2/p-2. The van der Waals surface area contributed by atoms with Gasteiger partial charge in [-0.1, -0.05) is 0 Å². The first-order valence-electron chi connectivity index (χ1n) is 19.5. The minimum absolute atomic E-state index is 0.252. The van der Waals surface area contributed by atoms with Gasteiger partial charge in [0.15, 0.2) is 0 Å². The number of methoxy groups -OCH3 is 2. The van der Waals surface area contributed by atoms with Gasteiger partial charge < -0.3 is 0 Å². The Morgan fingerprint density at radius 1 is 0.571 bits per heavy atom. The Hall–Kier alpha value is -3.80. The summed E-state index contributed by atoms with van der Waals surface area (Å²) < 4.78 is 23.7. The van der Waals surface area contributed by atoms with E-state index in [1.165, 1.54) is 44.5 Å². The summed E-state index contributed by atoms with van der Waals surface area (Å²) >= 11 is -5.41. The summed E-state index contributed by atoms with van der Waals surface area (Å²) in [5.74, 6) is 5.01. The van der Waals surface area contributed by atoms with Crippen molar-refractivity contribution in [2.45, 2.75) is 60.9 Å². The van der Waals surface area contributed by atoms with Crippen LogP contribution in [0.2, 0.25) is 13.1 Å². The molecular weight excluding hydrogens is 831 g/mol. The number of hydrogen-bond donors (Lipinski definition) is 0. The second kappa shape index (κ2) is 14.9. The molecule has 0 saturated carbocycles. The number of rotatable bonds is 10. The third kappa shape index (κ3) is 6.18. The molecular formula is C48H48Cl2O4SiZr. The summed E-state index contributed by atoms with van der Waals surface area (Å²) in [6, 6.07) is 34.3. The summed E-state index contributed by atoms with van der Waals surface area (Å²) in [4.78, 5) is 0. The minimum atomic E-state index is -5.41. The third-order valence-electron chi connectivity index (χ3n) is 12.2. The van der Waals surface area contributed by atoms with Crippen LogP contribution in [-0.2, 0) is 27.9 Å². The molecule has 4 nitrogen and oxygen atoms in total. The first kappa shape index (κ1) is 39.0. The summed E-state index contributed by atoms with van der Waals surface area (Å²) in [6.45, 7) is 13.1. The number of allylic oxidation sites excluding steroid dienone is 2. The van der Waals surface area contributed by atoms with E-state index in [0.717, 1.165) is 69.7 Å². The van der Waals surface area contributed by atoms with Crippen molar-refractivity contribution in [3.8, 4) is 33.8 Å². The molecule has 6 aromatic rings. The summed E-state index contributed by atoms with van der Waals surface area (Å²) in [6.07, 6.45) is 6.45. The van der Waals surface area contributed by atoms with Crippen LogP contribution in [0, 0.1) is 13.8 Å². The van der Waals surface area contributed by atoms with Gasteiger partial charge in [-0.2, -0.15) is 0 Å². The monoisotopic (exact) mass is 876 g/mol. The Morgan fingerprint density at radius 3 is 1.27 bits per heavy atom. The van der Waals surface area contributed by atoms with Crippen LogP contribution in [0.1, 0.15) is 77.5 Å². The van der Waals surface area contributed by atoms with E-state index >= 15 is 0 Å². The van der Waals surface area contributed by atoms with E-state index in [1.54, 1.807) is 14.2 Å². The van der Waals surface area contributed by atoms with E-state index in [1.807, 2.05) is 50.2 Å². The number of halogens is 2. The number of benzene rings is 4. The Labute approximate surface area is 338 Å². The molecule has 2 aromatic heterocycles. The van der Waals surface area contributed by atoms with Gasteiger partial charge in [-0.25, -0.2) is 0 Å². The quantitative estimate of drug-likeness (QED) is 0.129. The molecule has 0 spiro atoms. The predicted octanol–water partition coefficient (Wildman–Crippen LogP) is 14.1. The molecule has 0 fully saturated rings. The zero-order chi connectivity index (χ0) is 39.5. The molecule has 0 radical (unpaired) electrons. The van der Waals surface area contributed by atoms with E-state index in [-0.39, 0.29) is 7.25 Å². The van der Waals surface area contributed by atoms with E-state index in [4.69, 9.17) is 35.3 Å². The van der Waals surface area contributed by atoms with Crippen molar-refractivity contribution in [2.75, 3.05) is 14.2 Å². The molecule has 8 rings (SSSR count). The third-order valence-corrected chi connectivity index (χ3v) is 58.4. The van der Waals surface area contributed by atoms with Gasteiger partial charge in [0.1, 0.15) is 0 Å². The van der Waals surface area contributed by atoms with Gasteiger partial charge in [0, 0.05) is 0 Å². The Morgan fingerprint density at radius 2 is 0.964 bits per heavy atom. The molecule has 286 valence electrons. The molecule has 0 bridgehead atoms. The zero-order valence-corrected chi connectivity index (χ0v) is 38.3. The van der Waals surface area contributed by atoms with E-state index in [9.17, 15) is 0 Å². The van der Waals surface area contributed by atoms with Gasteiger partial charge >= 0.3 is 341 Å². The van der Waals surface area contributed by atoms with E-state index in [0.29, 0.717) is 0 Å². The number of furan rings is 2. The average Bonchev–Trinajstić information content (AvgIpc) is 4.02. The number of ether oxygens (including phenoxy) is 2. The molecule has 0 amide bonds. The molecule has 2 aliphatic rings. The maximum absolute atomic E-state index is 8.95. The second-order valence-electron chi connectivity index (χ2n) is 15.4. The fourth-order valence-electron chi connectivity index (χ4n) is 9.27. The molecule has 2 heterocycles. The van der Waals surface area contributed by atoms with Crippen LogP contribution in [0.25, 0.3) is 45.6 Å². The van der Waals surface area contributed by atoms with Gasteiger partial charge in [-0.05, 0) is 0 Å². The summed E-state index contributed by atoms with van der Waals surface area (Å²) in [5.41, 5.74) is 12.6. The molecule has 8 heteroatoms. The van der Waals surface area contributed by atoms with E-state index in [2.05, 4.69) is 99.8 Å². The molecule has 4 aromatic carbocycles. The first-order chi connectivity index (χ1) is 26.9. The number of fused-ring (bicyclic) bond motifs is 2. The molecule has 0 N–H and O–H groups in total. The Bertz CT molecular complexity index is 2460. The van der Waals surface area contributed by atoms with Crippen molar-refractivity contribution < 1.29 is 33.3 Å². The molecule has 2 aliphatic carbocycles. The SMILES string of the molecule is CCc1ccc2c(c1-c1ccc(OC)cc1)C=C(c1ccc(C)o1)[CH]2[Zr]([Cl])([Cl])([CH]1C(c2ccc(C)o2)=Cc2c1ccc(CC)c2-c1ccc(OC)cc1)=[Si](C)C. The van der Waals surface area contributed by atoms with Crippen LogP contribution in [-0.4, -0.2) is 19.7 Å². The molecule has 0 saturated heterocycles. The van der Waals surface area contributed by atoms with Crippen LogP contribution >= 0.6 is 17.0 Å². The van der Waals surface area contributed by atoms with Crippen molar-refractivity contribution in [1.82, 2.24) is 0 Å².